The molecule has 1 aliphatic rings. The van der Waals surface area contributed by atoms with Gasteiger partial charge in [0.05, 0.1) is 11.0 Å². The van der Waals surface area contributed by atoms with E-state index in [1.54, 1.807) is 0 Å². The van der Waals surface area contributed by atoms with Gasteiger partial charge in [-0.2, -0.15) is 0 Å². The highest BCUT2D eigenvalue weighted by molar-refractivity contribution is 6.17. The highest BCUT2D eigenvalue weighted by Crippen LogP contribution is 2.22. The number of imidazole rings is 1. The van der Waals surface area contributed by atoms with E-state index >= 15 is 0 Å². The summed E-state index contributed by atoms with van der Waals surface area (Å²) in [5.74, 6) is 1.75. The lowest BCUT2D eigenvalue weighted by atomic mass is 10.2. The largest absolute Gasteiger partial charge is 0.326 e. The van der Waals surface area contributed by atoms with E-state index in [2.05, 4.69) is 34.7 Å². The monoisotopic (exact) mass is 277 g/mol. The highest BCUT2D eigenvalue weighted by atomic mass is 35.5. The lowest BCUT2D eigenvalue weighted by molar-refractivity contribution is 0.282. The van der Waals surface area contributed by atoms with E-state index in [0.717, 1.165) is 24.3 Å². The maximum Gasteiger partial charge on any atom is 0.111 e. The first-order valence-corrected chi connectivity index (χ1v) is 7.53. The first-order chi connectivity index (χ1) is 9.29. The molecule has 0 amide bonds. The van der Waals surface area contributed by atoms with Gasteiger partial charge in [-0.15, -0.1) is 11.6 Å². The summed E-state index contributed by atoms with van der Waals surface area (Å²) in [5.41, 5.74) is 2.33. The lowest BCUT2D eigenvalue weighted by Crippen LogP contribution is -2.29. The van der Waals surface area contributed by atoms with Gasteiger partial charge in [-0.25, -0.2) is 4.98 Å². The predicted molar refractivity (Wildman–Crippen MR) is 79.8 cm³/mol. The quantitative estimate of drug-likeness (QED) is 0.802. The summed E-state index contributed by atoms with van der Waals surface area (Å²) in [6.07, 6.45) is 3.43. The van der Waals surface area contributed by atoms with Crippen molar-refractivity contribution in [2.75, 3.05) is 19.5 Å². The maximum absolute atomic E-state index is 5.92. The number of hydrogen-bond donors (Lipinski definition) is 0. The molecule has 1 saturated heterocycles. The summed E-state index contributed by atoms with van der Waals surface area (Å²) in [6, 6.07) is 9.01. The molecule has 2 heterocycles. The highest BCUT2D eigenvalue weighted by Gasteiger charge is 2.23. The molecule has 4 heteroatoms. The number of para-hydroxylation sites is 2. The van der Waals surface area contributed by atoms with E-state index in [0.29, 0.717) is 11.9 Å². The van der Waals surface area contributed by atoms with Gasteiger partial charge in [0.25, 0.3) is 0 Å². The van der Waals surface area contributed by atoms with E-state index in [1.165, 1.54) is 24.9 Å². The Morgan fingerprint density at radius 2 is 2.21 bits per heavy atom. The molecule has 0 radical (unpaired) electrons. The molecular formula is C15H20ClN3. The van der Waals surface area contributed by atoms with Crippen molar-refractivity contribution in [3.63, 3.8) is 0 Å². The van der Waals surface area contributed by atoms with Crippen LogP contribution in [0.5, 0.6) is 0 Å². The summed E-state index contributed by atoms with van der Waals surface area (Å²) in [6.45, 7) is 2.24. The topological polar surface area (TPSA) is 21.1 Å². The summed E-state index contributed by atoms with van der Waals surface area (Å²) >= 11 is 5.92. The number of fused-ring (bicyclic) bond motifs is 1. The second-order valence-corrected chi connectivity index (χ2v) is 5.72. The molecule has 102 valence electrons. The van der Waals surface area contributed by atoms with Gasteiger partial charge in [-0.1, -0.05) is 12.1 Å². The van der Waals surface area contributed by atoms with Crippen LogP contribution in [0.25, 0.3) is 11.0 Å². The van der Waals surface area contributed by atoms with Crippen LogP contribution in [0.1, 0.15) is 18.7 Å². The van der Waals surface area contributed by atoms with E-state index < -0.39 is 0 Å². The molecule has 3 rings (SSSR count). The van der Waals surface area contributed by atoms with Crippen molar-refractivity contribution < 1.29 is 0 Å². The maximum atomic E-state index is 5.92. The number of alkyl halides is 1. The van der Waals surface area contributed by atoms with Gasteiger partial charge in [-0.3, -0.25) is 0 Å². The number of hydrogen-bond acceptors (Lipinski definition) is 2. The minimum atomic E-state index is 0.629. The SMILES string of the molecule is CN1CCCC1Cn1c(CCCl)nc2ccccc21. The lowest BCUT2D eigenvalue weighted by Gasteiger charge is -2.21. The van der Waals surface area contributed by atoms with E-state index in [4.69, 9.17) is 16.6 Å². The minimum Gasteiger partial charge on any atom is -0.326 e. The molecule has 1 aliphatic heterocycles. The zero-order valence-corrected chi connectivity index (χ0v) is 12.1. The number of likely N-dealkylation sites (N-methyl/N-ethyl adjacent to an activating group) is 1. The summed E-state index contributed by atoms with van der Waals surface area (Å²) in [5, 5.41) is 0. The van der Waals surface area contributed by atoms with Gasteiger partial charge in [0.15, 0.2) is 0 Å². The Balaban J connectivity index is 1.97. The number of likely N-dealkylation sites (tertiary alicyclic amines) is 1. The summed E-state index contributed by atoms with van der Waals surface area (Å²) < 4.78 is 2.37. The van der Waals surface area contributed by atoms with Gasteiger partial charge < -0.3 is 9.47 Å². The van der Waals surface area contributed by atoms with Crippen LogP contribution >= 0.6 is 11.6 Å². The second-order valence-electron chi connectivity index (χ2n) is 5.34. The number of halogens is 1. The average Bonchev–Trinajstić information content (AvgIpc) is 2.96. The number of rotatable bonds is 4. The molecule has 1 aromatic heterocycles. The molecule has 1 atom stereocenters. The number of aromatic nitrogens is 2. The van der Waals surface area contributed by atoms with Crippen LogP contribution in [0.15, 0.2) is 24.3 Å². The fourth-order valence-corrected chi connectivity index (χ4v) is 3.19. The molecule has 2 aromatic rings. The average molecular weight is 278 g/mol. The van der Waals surface area contributed by atoms with Crippen LogP contribution < -0.4 is 0 Å². The van der Waals surface area contributed by atoms with Crippen molar-refractivity contribution >= 4 is 22.6 Å². The Morgan fingerprint density at radius 3 is 2.95 bits per heavy atom. The number of aryl methyl sites for hydroxylation is 1. The number of benzene rings is 1. The molecule has 0 N–H and O–H groups in total. The van der Waals surface area contributed by atoms with Gasteiger partial charge in [0.1, 0.15) is 5.82 Å². The van der Waals surface area contributed by atoms with Crippen molar-refractivity contribution in [2.45, 2.75) is 31.8 Å². The molecule has 1 fully saturated rings. The molecule has 0 bridgehead atoms. The molecule has 3 nitrogen and oxygen atoms in total. The zero-order chi connectivity index (χ0) is 13.2. The Bertz CT molecular complexity index is 564. The third-order valence-electron chi connectivity index (χ3n) is 4.12. The summed E-state index contributed by atoms with van der Waals surface area (Å²) in [4.78, 5) is 7.19. The third kappa shape index (κ3) is 2.49. The standard InChI is InChI=1S/C15H20ClN3/c1-18-10-4-5-12(18)11-19-14-7-3-2-6-13(14)17-15(19)8-9-16/h2-3,6-7,12H,4-5,8-11H2,1H3. The van der Waals surface area contributed by atoms with Crippen LogP contribution in [-0.4, -0.2) is 40.0 Å². The second kappa shape index (κ2) is 5.51. The molecule has 19 heavy (non-hydrogen) atoms. The van der Waals surface area contributed by atoms with Crippen molar-refractivity contribution in [2.24, 2.45) is 0 Å². The van der Waals surface area contributed by atoms with Crippen LogP contribution in [-0.2, 0) is 13.0 Å². The first kappa shape index (κ1) is 12.9. The van der Waals surface area contributed by atoms with Crippen molar-refractivity contribution in [3.05, 3.63) is 30.1 Å². The van der Waals surface area contributed by atoms with E-state index in [-0.39, 0.29) is 0 Å². The Morgan fingerprint density at radius 1 is 1.37 bits per heavy atom. The molecule has 0 spiro atoms. The molecule has 1 unspecified atom stereocenters. The van der Waals surface area contributed by atoms with Crippen LogP contribution in [0.3, 0.4) is 0 Å². The Hall–Kier alpha value is -1.06. The fourth-order valence-electron chi connectivity index (χ4n) is 3.03. The van der Waals surface area contributed by atoms with E-state index in [9.17, 15) is 0 Å². The Kier molecular flexibility index (Phi) is 3.76. The summed E-state index contributed by atoms with van der Waals surface area (Å²) in [7, 11) is 2.22. The third-order valence-corrected chi connectivity index (χ3v) is 4.31. The fraction of sp³-hybridized carbons (Fsp3) is 0.533. The van der Waals surface area contributed by atoms with Crippen molar-refractivity contribution in [1.82, 2.24) is 14.5 Å². The first-order valence-electron chi connectivity index (χ1n) is 7.00. The predicted octanol–water partition coefficient (Wildman–Crippen LogP) is 2.91. The normalized spacial score (nSPS) is 20.4. The van der Waals surface area contributed by atoms with Gasteiger partial charge in [0.2, 0.25) is 0 Å². The Labute approximate surface area is 119 Å². The van der Waals surface area contributed by atoms with Crippen LogP contribution in [0.2, 0.25) is 0 Å². The van der Waals surface area contributed by atoms with Crippen LogP contribution in [0, 0.1) is 0 Å². The number of nitrogens with zero attached hydrogens (tertiary/aromatic N) is 3. The minimum absolute atomic E-state index is 0.629. The molecule has 1 aromatic carbocycles. The zero-order valence-electron chi connectivity index (χ0n) is 11.3. The van der Waals surface area contributed by atoms with E-state index in [1.807, 2.05) is 6.07 Å². The van der Waals surface area contributed by atoms with Gasteiger partial charge >= 0.3 is 0 Å². The smallest absolute Gasteiger partial charge is 0.111 e. The molecular weight excluding hydrogens is 258 g/mol. The van der Waals surface area contributed by atoms with Crippen molar-refractivity contribution in [3.8, 4) is 0 Å². The molecule has 0 saturated carbocycles. The van der Waals surface area contributed by atoms with Gasteiger partial charge in [0, 0.05) is 24.9 Å². The molecule has 0 aliphatic carbocycles. The van der Waals surface area contributed by atoms with Crippen molar-refractivity contribution in [1.29, 1.82) is 0 Å². The van der Waals surface area contributed by atoms with Gasteiger partial charge in [-0.05, 0) is 38.6 Å². The van der Waals surface area contributed by atoms with Crippen LogP contribution in [0.4, 0.5) is 0 Å².